The third-order valence-electron chi connectivity index (χ3n) is 3.21. The molecule has 3 N–H and O–H groups in total. The minimum Gasteiger partial charge on any atom is -0.504 e. The van der Waals surface area contributed by atoms with Crippen molar-refractivity contribution in [1.29, 1.82) is 0 Å². The first kappa shape index (κ1) is 19.3. The van der Waals surface area contributed by atoms with Gasteiger partial charge in [0, 0.05) is 0 Å². The van der Waals surface area contributed by atoms with E-state index in [2.05, 4.69) is 15.8 Å². The van der Waals surface area contributed by atoms with Gasteiger partial charge in [-0.25, -0.2) is 5.43 Å². The zero-order valence-corrected chi connectivity index (χ0v) is 14.8. The number of hydrogen-bond acceptors (Lipinski definition) is 5. The van der Waals surface area contributed by atoms with E-state index in [4.69, 9.17) is 16.3 Å². The molecule has 0 fully saturated rings. The molecule has 0 saturated carbocycles. The number of hydrazone groups is 1. The lowest BCUT2D eigenvalue weighted by atomic mass is 10.2. The van der Waals surface area contributed by atoms with E-state index in [0.29, 0.717) is 22.9 Å². The van der Waals surface area contributed by atoms with E-state index in [0.717, 1.165) is 0 Å². The number of benzene rings is 2. The summed E-state index contributed by atoms with van der Waals surface area (Å²) in [5.41, 5.74) is 3.22. The predicted molar refractivity (Wildman–Crippen MR) is 98.8 cm³/mol. The molecular weight excluding hydrogens is 358 g/mol. The first-order valence-electron chi connectivity index (χ1n) is 7.81. The van der Waals surface area contributed by atoms with Gasteiger partial charge in [-0.3, -0.25) is 9.59 Å². The highest BCUT2D eigenvalue weighted by Gasteiger charge is 2.10. The van der Waals surface area contributed by atoms with Gasteiger partial charge in [0.25, 0.3) is 11.8 Å². The summed E-state index contributed by atoms with van der Waals surface area (Å²) in [6, 6.07) is 11.2. The molecule has 0 aliphatic heterocycles. The normalized spacial score (nSPS) is 10.5. The van der Waals surface area contributed by atoms with E-state index in [1.165, 1.54) is 12.3 Å². The maximum Gasteiger partial charge on any atom is 0.259 e. The number of nitrogens with zero attached hydrogens (tertiary/aromatic N) is 1. The second-order valence-corrected chi connectivity index (χ2v) is 5.52. The average molecular weight is 376 g/mol. The second-order valence-electron chi connectivity index (χ2n) is 5.12. The van der Waals surface area contributed by atoms with Crippen LogP contribution in [-0.4, -0.2) is 36.3 Å². The van der Waals surface area contributed by atoms with Crippen LogP contribution in [0.3, 0.4) is 0 Å². The maximum absolute atomic E-state index is 11.9. The second kappa shape index (κ2) is 9.43. The van der Waals surface area contributed by atoms with Gasteiger partial charge in [0.2, 0.25) is 0 Å². The summed E-state index contributed by atoms with van der Waals surface area (Å²) in [4.78, 5) is 23.7. The molecule has 0 bridgehead atoms. The summed E-state index contributed by atoms with van der Waals surface area (Å²) in [5.74, 6) is -0.592. The van der Waals surface area contributed by atoms with Crippen LogP contribution in [0.15, 0.2) is 47.6 Å². The Kier molecular flexibility index (Phi) is 6.99. The number of rotatable bonds is 7. The first-order chi connectivity index (χ1) is 12.5. The predicted octanol–water partition coefficient (Wildman–Crippen LogP) is 2.32. The van der Waals surface area contributed by atoms with Crippen molar-refractivity contribution in [3.8, 4) is 11.5 Å². The van der Waals surface area contributed by atoms with Crippen LogP contribution >= 0.6 is 11.6 Å². The van der Waals surface area contributed by atoms with Gasteiger partial charge in [-0.2, -0.15) is 5.10 Å². The van der Waals surface area contributed by atoms with E-state index in [1.54, 1.807) is 43.3 Å². The summed E-state index contributed by atoms with van der Waals surface area (Å²) in [5, 5.41) is 16.2. The first-order valence-corrected chi connectivity index (χ1v) is 8.19. The van der Waals surface area contributed by atoms with Crippen LogP contribution in [0.5, 0.6) is 11.5 Å². The SMILES string of the molecule is CCOc1cc(C=NNC(=O)CNC(=O)c2ccccc2Cl)ccc1O. The number of nitrogens with one attached hydrogen (secondary N) is 2. The summed E-state index contributed by atoms with van der Waals surface area (Å²) in [7, 11) is 0. The summed E-state index contributed by atoms with van der Waals surface area (Å²) >= 11 is 5.92. The molecule has 7 nitrogen and oxygen atoms in total. The number of aromatic hydroxyl groups is 1. The van der Waals surface area contributed by atoms with Crippen LogP contribution in [0.4, 0.5) is 0 Å². The molecule has 0 atom stereocenters. The fourth-order valence-corrected chi connectivity index (χ4v) is 2.22. The van der Waals surface area contributed by atoms with Crippen LogP contribution in [0.2, 0.25) is 5.02 Å². The van der Waals surface area contributed by atoms with Gasteiger partial charge in [-0.15, -0.1) is 0 Å². The highest BCUT2D eigenvalue weighted by molar-refractivity contribution is 6.33. The number of ether oxygens (including phenoxy) is 1. The smallest absolute Gasteiger partial charge is 0.259 e. The Morgan fingerprint density at radius 3 is 2.77 bits per heavy atom. The lowest BCUT2D eigenvalue weighted by Crippen LogP contribution is -2.35. The minimum atomic E-state index is -0.495. The number of phenols is 1. The molecule has 136 valence electrons. The van der Waals surface area contributed by atoms with Gasteiger partial charge in [0.05, 0.1) is 30.0 Å². The van der Waals surface area contributed by atoms with Crippen LogP contribution in [0.1, 0.15) is 22.8 Å². The maximum atomic E-state index is 11.9. The van der Waals surface area contributed by atoms with Gasteiger partial charge in [-0.1, -0.05) is 23.7 Å². The van der Waals surface area contributed by atoms with Crippen LogP contribution in [0, 0.1) is 0 Å². The molecule has 2 aromatic rings. The zero-order valence-electron chi connectivity index (χ0n) is 14.0. The molecule has 0 radical (unpaired) electrons. The topological polar surface area (TPSA) is 100 Å². The van der Waals surface area contributed by atoms with E-state index in [9.17, 15) is 14.7 Å². The van der Waals surface area contributed by atoms with Crippen molar-refractivity contribution in [2.45, 2.75) is 6.92 Å². The Hall–Kier alpha value is -3.06. The molecule has 8 heteroatoms. The average Bonchev–Trinajstić information content (AvgIpc) is 2.63. The molecule has 2 aromatic carbocycles. The zero-order chi connectivity index (χ0) is 18.9. The Balaban J connectivity index is 1.85. The standard InChI is InChI=1S/C18H18ClN3O4/c1-2-26-16-9-12(7-8-15(16)23)10-21-22-17(24)11-20-18(25)13-5-3-4-6-14(13)19/h3-10,23H,2,11H2,1H3,(H,20,25)(H,22,24). The monoisotopic (exact) mass is 375 g/mol. The number of halogens is 1. The Morgan fingerprint density at radius 2 is 2.04 bits per heavy atom. The third-order valence-corrected chi connectivity index (χ3v) is 3.54. The van der Waals surface area contributed by atoms with E-state index >= 15 is 0 Å². The molecule has 2 rings (SSSR count). The number of hydrogen-bond donors (Lipinski definition) is 3. The highest BCUT2D eigenvalue weighted by Crippen LogP contribution is 2.26. The van der Waals surface area contributed by atoms with Gasteiger partial charge in [0.15, 0.2) is 11.5 Å². The molecule has 0 aliphatic rings. The molecule has 2 amide bonds. The van der Waals surface area contributed by atoms with E-state index in [1.807, 2.05) is 0 Å². The number of carbonyl (C=O) groups is 2. The van der Waals surface area contributed by atoms with Gasteiger partial charge >= 0.3 is 0 Å². The molecule has 26 heavy (non-hydrogen) atoms. The summed E-state index contributed by atoms with van der Waals surface area (Å²) < 4.78 is 5.26. The van der Waals surface area contributed by atoms with Crippen molar-refractivity contribution in [1.82, 2.24) is 10.7 Å². The van der Waals surface area contributed by atoms with Crippen LogP contribution < -0.4 is 15.5 Å². The van der Waals surface area contributed by atoms with Gasteiger partial charge in [-0.05, 0) is 42.8 Å². The van der Waals surface area contributed by atoms with Crippen molar-refractivity contribution in [2.24, 2.45) is 5.10 Å². The van der Waals surface area contributed by atoms with Gasteiger partial charge in [0.1, 0.15) is 0 Å². The molecular formula is C18H18ClN3O4. The van der Waals surface area contributed by atoms with Gasteiger partial charge < -0.3 is 15.2 Å². The Bertz CT molecular complexity index is 824. The minimum absolute atomic E-state index is 0.0234. The van der Waals surface area contributed by atoms with Crippen molar-refractivity contribution in [3.05, 3.63) is 58.6 Å². The Labute approximate surface area is 155 Å². The van der Waals surface area contributed by atoms with Crippen molar-refractivity contribution >= 4 is 29.6 Å². The van der Waals surface area contributed by atoms with Crippen molar-refractivity contribution < 1.29 is 19.4 Å². The fraction of sp³-hybridized carbons (Fsp3) is 0.167. The quantitative estimate of drug-likeness (QED) is 0.510. The fourth-order valence-electron chi connectivity index (χ4n) is 2.00. The van der Waals surface area contributed by atoms with Crippen molar-refractivity contribution in [3.63, 3.8) is 0 Å². The number of carbonyl (C=O) groups excluding carboxylic acids is 2. The number of phenolic OH excluding ortho intramolecular Hbond substituents is 1. The van der Waals surface area contributed by atoms with E-state index < -0.39 is 11.8 Å². The van der Waals surface area contributed by atoms with Crippen LogP contribution in [-0.2, 0) is 4.79 Å². The van der Waals surface area contributed by atoms with E-state index in [-0.39, 0.29) is 17.9 Å². The highest BCUT2D eigenvalue weighted by atomic mass is 35.5. The van der Waals surface area contributed by atoms with Crippen molar-refractivity contribution in [2.75, 3.05) is 13.2 Å². The number of amides is 2. The molecule has 0 aliphatic carbocycles. The lowest BCUT2D eigenvalue weighted by Gasteiger charge is -2.06. The largest absolute Gasteiger partial charge is 0.504 e. The Morgan fingerprint density at radius 1 is 1.27 bits per heavy atom. The summed E-state index contributed by atoms with van der Waals surface area (Å²) in [6.45, 7) is 1.97. The van der Waals surface area contributed by atoms with Crippen LogP contribution in [0.25, 0.3) is 0 Å². The molecule has 0 aromatic heterocycles. The summed E-state index contributed by atoms with van der Waals surface area (Å²) in [6.07, 6.45) is 1.40. The molecule has 0 saturated heterocycles. The third kappa shape index (κ3) is 5.49. The lowest BCUT2D eigenvalue weighted by molar-refractivity contribution is -0.120. The molecule has 0 unspecified atom stereocenters. The molecule has 0 spiro atoms. The molecule has 0 heterocycles.